The highest BCUT2D eigenvalue weighted by Gasteiger charge is 2.15. The van der Waals surface area contributed by atoms with E-state index in [2.05, 4.69) is 0 Å². The van der Waals surface area contributed by atoms with Crippen LogP contribution in [0.4, 0.5) is 0 Å². The Morgan fingerprint density at radius 1 is 0.786 bits per heavy atom. The van der Waals surface area contributed by atoms with Crippen molar-refractivity contribution in [3.05, 3.63) is 0 Å². The maximum atomic E-state index is 5.42. The van der Waals surface area contributed by atoms with Crippen molar-refractivity contribution in [2.45, 2.75) is 24.4 Å². The highest BCUT2D eigenvalue weighted by molar-refractivity contribution is 4.72. The molecule has 0 aliphatic heterocycles. The van der Waals surface area contributed by atoms with E-state index >= 15 is 0 Å². The predicted octanol–water partition coefficient (Wildman–Crippen LogP) is -3.24. The zero-order valence-electron chi connectivity index (χ0n) is 8.74. The third kappa shape index (κ3) is 9.81. The van der Waals surface area contributed by atoms with Crippen LogP contribution in [0.25, 0.3) is 0 Å². The van der Waals surface area contributed by atoms with Crippen LogP contribution in [0.3, 0.4) is 0 Å². The average Bonchev–Trinajstić information content (AvgIpc) is 1.94. The monoisotopic (exact) mass is 205 g/mol. The van der Waals surface area contributed by atoms with Crippen LogP contribution in [-0.4, -0.2) is 36.6 Å². The fraction of sp³-hybridized carbons (Fsp3) is 1.00. The second kappa shape index (κ2) is 4.99. The first-order valence-electron chi connectivity index (χ1n) is 4.52. The minimum atomic E-state index is -1.13. The summed E-state index contributed by atoms with van der Waals surface area (Å²) in [6.07, 6.45) is 0.992. The molecule has 0 aliphatic rings. The van der Waals surface area contributed by atoms with Gasteiger partial charge in [-0.15, -0.1) is 0 Å². The Bertz CT molecular complexity index is 138. The number of rotatable bonds is 6. The van der Waals surface area contributed by atoms with Crippen LogP contribution < -0.4 is 34.4 Å². The molecule has 0 bridgehead atoms. The molecule has 7 heteroatoms. The topological polar surface area (TPSA) is 159 Å². The van der Waals surface area contributed by atoms with E-state index in [9.17, 15) is 0 Å². The first kappa shape index (κ1) is 13.7. The fourth-order valence-electron chi connectivity index (χ4n) is 0.881. The van der Waals surface area contributed by atoms with Gasteiger partial charge in [0, 0.05) is 25.9 Å². The zero-order valence-corrected chi connectivity index (χ0v) is 8.74. The van der Waals surface area contributed by atoms with Crippen LogP contribution in [0.2, 0.25) is 0 Å². The lowest BCUT2D eigenvalue weighted by Gasteiger charge is -2.26. The van der Waals surface area contributed by atoms with Crippen LogP contribution in [0.1, 0.15) is 12.8 Å². The van der Waals surface area contributed by atoms with Gasteiger partial charge < -0.3 is 39.3 Å². The molecular weight excluding hydrogens is 182 g/mol. The van der Waals surface area contributed by atoms with E-state index in [4.69, 9.17) is 34.4 Å². The van der Waals surface area contributed by atoms with Crippen LogP contribution >= 0.6 is 0 Å². The minimum Gasteiger partial charge on any atom is -0.306 e. The van der Waals surface area contributed by atoms with Crippen molar-refractivity contribution in [1.29, 1.82) is 0 Å². The molecule has 0 aromatic rings. The minimum absolute atomic E-state index is 0.496. The maximum Gasteiger partial charge on any atom is 0.117 e. The molecule has 12 N–H and O–H groups in total. The molecule has 0 atom stereocenters. The lowest BCUT2D eigenvalue weighted by molar-refractivity contribution is 0.255. The summed E-state index contributed by atoms with van der Waals surface area (Å²) < 4.78 is 0. The zero-order chi connectivity index (χ0) is 11.4. The molecule has 0 aromatic heterocycles. The first-order valence-corrected chi connectivity index (χ1v) is 4.52. The van der Waals surface area contributed by atoms with Gasteiger partial charge in [-0.1, -0.05) is 0 Å². The van der Waals surface area contributed by atoms with Crippen LogP contribution in [0.15, 0.2) is 0 Å². The van der Waals surface area contributed by atoms with Crippen LogP contribution in [0, 0.1) is 0 Å². The van der Waals surface area contributed by atoms with Gasteiger partial charge in [-0.05, 0) is 7.05 Å². The Morgan fingerprint density at radius 3 is 1.29 bits per heavy atom. The summed E-state index contributed by atoms with van der Waals surface area (Å²) in [4.78, 5) is 1.97. The summed E-state index contributed by atoms with van der Waals surface area (Å²) in [5, 5.41) is 0. The Hall–Kier alpha value is -0.280. The Kier molecular flexibility index (Phi) is 4.89. The summed E-state index contributed by atoms with van der Waals surface area (Å²) in [5.74, 6) is -2.25. The van der Waals surface area contributed by atoms with Gasteiger partial charge in [-0.2, -0.15) is 0 Å². The van der Waals surface area contributed by atoms with Crippen LogP contribution in [0.5, 0.6) is 0 Å². The lowest BCUT2D eigenvalue weighted by Crippen LogP contribution is -2.60. The third-order valence-corrected chi connectivity index (χ3v) is 1.85. The molecule has 86 valence electrons. The fourth-order valence-corrected chi connectivity index (χ4v) is 0.881. The SMILES string of the molecule is CN(CCC(N)(N)N)CCC(N)(N)N. The molecule has 0 spiro atoms. The van der Waals surface area contributed by atoms with Gasteiger partial charge in [0.1, 0.15) is 11.6 Å². The van der Waals surface area contributed by atoms with Gasteiger partial charge in [0.05, 0.1) is 0 Å². The molecule has 7 nitrogen and oxygen atoms in total. The van der Waals surface area contributed by atoms with E-state index in [-0.39, 0.29) is 0 Å². The predicted molar refractivity (Wildman–Crippen MR) is 57.3 cm³/mol. The molecule has 0 rings (SSSR count). The Labute approximate surface area is 84.7 Å². The van der Waals surface area contributed by atoms with E-state index in [0.717, 1.165) is 0 Å². The summed E-state index contributed by atoms with van der Waals surface area (Å²) in [7, 11) is 1.90. The van der Waals surface area contributed by atoms with Gasteiger partial charge in [0.25, 0.3) is 0 Å². The molecule has 0 aromatic carbocycles. The van der Waals surface area contributed by atoms with E-state index in [0.29, 0.717) is 25.9 Å². The quantitative estimate of drug-likeness (QED) is 0.248. The Balaban J connectivity index is 3.62. The van der Waals surface area contributed by atoms with E-state index in [1.165, 1.54) is 0 Å². The highest BCUT2D eigenvalue weighted by atomic mass is 15.2. The Morgan fingerprint density at radius 2 is 1.07 bits per heavy atom. The van der Waals surface area contributed by atoms with Gasteiger partial charge in [-0.3, -0.25) is 0 Å². The van der Waals surface area contributed by atoms with Gasteiger partial charge in [0.2, 0.25) is 0 Å². The molecular formula is C7H23N7. The molecule has 0 saturated carbocycles. The van der Waals surface area contributed by atoms with Crippen molar-refractivity contribution in [2.24, 2.45) is 34.4 Å². The molecule has 0 fully saturated rings. The second-order valence-electron chi connectivity index (χ2n) is 4.03. The molecule has 0 heterocycles. The number of hydrogen-bond donors (Lipinski definition) is 6. The summed E-state index contributed by atoms with van der Waals surface area (Å²) in [5.41, 5.74) is 32.5. The van der Waals surface area contributed by atoms with E-state index in [1.54, 1.807) is 0 Å². The van der Waals surface area contributed by atoms with Crippen molar-refractivity contribution in [3.8, 4) is 0 Å². The van der Waals surface area contributed by atoms with Crippen molar-refractivity contribution >= 4 is 0 Å². The normalized spacial score (nSPS) is 13.7. The third-order valence-electron chi connectivity index (χ3n) is 1.85. The largest absolute Gasteiger partial charge is 0.306 e. The molecule has 0 radical (unpaired) electrons. The van der Waals surface area contributed by atoms with Gasteiger partial charge in [-0.25, -0.2) is 0 Å². The van der Waals surface area contributed by atoms with Crippen molar-refractivity contribution in [2.75, 3.05) is 20.1 Å². The highest BCUT2D eigenvalue weighted by Crippen LogP contribution is 1.96. The molecule has 14 heavy (non-hydrogen) atoms. The molecule has 0 amide bonds. The summed E-state index contributed by atoms with van der Waals surface area (Å²) in [6.45, 7) is 1.36. The number of nitrogens with zero attached hydrogens (tertiary/aromatic N) is 1. The molecule has 0 unspecified atom stereocenters. The van der Waals surface area contributed by atoms with Crippen molar-refractivity contribution in [1.82, 2.24) is 4.90 Å². The number of hydrogen-bond acceptors (Lipinski definition) is 7. The second-order valence-corrected chi connectivity index (χ2v) is 4.03. The van der Waals surface area contributed by atoms with Crippen molar-refractivity contribution in [3.63, 3.8) is 0 Å². The molecule has 0 aliphatic carbocycles. The van der Waals surface area contributed by atoms with E-state index in [1.807, 2.05) is 11.9 Å². The van der Waals surface area contributed by atoms with Crippen molar-refractivity contribution < 1.29 is 0 Å². The smallest absolute Gasteiger partial charge is 0.117 e. The summed E-state index contributed by atoms with van der Waals surface area (Å²) >= 11 is 0. The van der Waals surface area contributed by atoms with Gasteiger partial charge in [0.15, 0.2) is 0 Å². The van der Waals surface area contributed by atoms with E-state index < -0.39 is 11.6 Å². The average molecular weight is 205 g/mol. The standard InChI is InChI=1S/C7H23N7/c1-14(4-2-6(8,9)10)5-3-7(11,12)13/h2-5,8-13H2,1H3. The number of nitrogens with two attached hydrogens (primary N) is 6. The van der Waals surface area contributed by atoms with Gasteiger partial charge >= 0.3 is 0 Å². The first-order chi connectivity index (χ1) is 6.10. The lowest BCUT2D eigenvalue weighted by atomic mass is 10.2. The summed E-state index contributed by atoms with van der Waals surface area (Å²) in [6, 6.07) is 0. The van der Waals surface area contributed by atoms with Crippen LogP contribution in [-0.2, 0) is 0 Å². The maximum absolute atomic E-state index is 5.42. The molecule has 0 saturated heterocycles.